The molecular weight excluding hydrogens is 370 g/mol. The highest BCUT2D eigenvalue weighted by atomic mass is 79.9. The van der Waals surface area contributed by atoms with Crippen LogP contribution in [0.5, 0.6) is 11.5 Å². The fourth-order valence-electron chi connectivity index (χ4n) is 3.21. The Morgan fingerprint density at radius 2 is 1.79 bits per heavy atom. The predicted octanol–water partition coefficient (Wildman–Crippen LogP) is 3.81. The average molecular weight is 388 g/mol. The summed E-state index contributed by atoms with van der Waals surface area (Å²) in [7, 11) is 0. The first-order chi connectivity index (χ1) is 11.7. The Morgan fingerprint density at radius 1 is 1.00 bits per heavy atom. The first-order valence-corrected chi connectivity index (χ1v) is 8.91. The van der Waals surface area contributed by atoms with Crippen LogP contribution in [0.4, 0.5) is 0 Å². The van der Waals surface area contributed by atoms with Gasteiger partial charge in [0.2, 0.25) is 0 Å². The van der Waals surface area contributed by atoms with Crippen LogP contribution < -0.4 is 9.47 Å². The van der Waals surface area contributed by atoms with E-state index in [0.29, 0.717) is 30.9 Å². The minimum Gasteiger partial charge on any atom is -0.486 e. The summed E-state index contributed by atoms with van der Waals surface area (Å²) in [6.07, 6.45) is 0.509. The minimum absolute atomic E-state index is 0.143. The number of ether oxygens (including phenoxy) is 2. The molecule has 0 aromatic heterocycles. The highest BCUT2D eigenvalue weighted by Crippen LogP contribution is 2.31. The van der Waals surface area contributed by atoms with Gasteiger partial charge in [0.15, 0.2) is 17.3 Å². The summed E-state index contributed by atoms with van der Waals surface area (Å²) in [5.41, 5.74) is 3.39. The molecule has 0 unspecified atom stereocenters. The molecule has 0 amide bonds. The average Bonchev–Trinajstić information content (AvgIpc) is 3.01. The smallest absolute Gasteiger partial charge is 0.164 e. The molecule has 0 fully saturated rings. The van der Waals surface area contributed by atoms with E-state index in [1.165, 1.54) is 11.1 Å². The number of ketones is 1. The maximum Gasteiger partial charge on any atom is 0.164 e. The molecule has 0 saturated heterocycles. The van der Waals surface area contributed by atoms with Crippen molar-refractivity contribution in [2.24, 2.45) is 0 Å². The van der Waals surface area contributed by atoms with Crippen molar-refractivity contribution in [2.45, 2.75) is 19.5 Å². The second kappa shape index (κ2) is 6.57. The van der Waals surface area contributed by atoms with Gasteiger partial charge in [0.05, 0.1) is 0 Å². The Morgan fingerprint density at radius 3 is 2.67 bits per heavy atom. The zero-order valence-corrected chi connectivity index (χ0v) is 14.8. The van der Waals surface area contributed by atoms with Crippen LogP contribution in [0.15, 0.2) is 40.9 Å². The van der Waals surface area contributed by atoms with E-state index < -0.39 is 0 Å². The topological polar surface area (TPSA) is 38.8 Å². The molecule has 4 rings (SSSR count). The Kier molecular flexibility index (Phi) is 4.29. The molecule has 0 aliphatic carbocycles. The van der Waals surface area contributed by atoms with E-state index in [1.807, 2.05) is 12.1 Å². The molecule has 0 bridgehead atoms. The lowest BCUT2D eigenvalue weighted by Gasteiger charge is -2.19. The molecule has 124 valence electrons. The Labute approximate surface area is 149 Å². The molecule has 2 aliphatic heterocycles. The number of Topliss-reactive ketones (excluding diaryl/α,β-unsaturated/α-hetero) is 1. The van der Waals surface area contributed by atoms with Gasteiger partial charge in [-0.25, -0.2) is 0 Å². The first kappa shape index (κ1) is 15.7. The van der Waals surface area contributed by atoms with E-state index in [-0.39, 0.29) is 5.78 Å². The van der Waals surface area contributed by atoms with Crippen LogP contribution in [-0.2, 0) is 13.1 Å². The summed E-state index contributed by atoms with van der Waals surface area (Å²) < 4.78 is 12.2. The van der Waals surface area contributed by atoms with Crippen LogP contribution in [0.25, 0.3) is 0 Å². The summed E-state index contributed by atoms with van der Waals surface area (Å²) in [6.45, 7) is 3.68. The number of nitrogens with zero attached hydrogens (tertiary/aromatic N) is 1. The predicted molar refractivity (Wildman–Crippen MR) is 94.6 cm³/mol. The Bertz CT molecular complexity index is 790. The first-order valence-electron chi connectivity index (χ1n) is 8.11. The fraction of sp³-hybridized carbons (Fsp3) is 0.316. The van der Waals surface area contributed by atoms with Gasteiger partial charge in [-0.2, -0.15) is 0 Å². The summed E-state index contributed by atoms with van der Waals surface area (Å²) in [5.74, 6) is 1.54. The highest BCUT2D eigenvalue weighted by molar-refractivity contribution is 9.10. The van der Waals surface area contributed by atoms with E-state index in [2.05, 4.69) is 39.0 Å². The van der Waals surface area contributed by atoms with Crippen LogP contribution in [0.3, 0.4) is 0 Å². The van der Waals surface area contributed by atoms with Crippen molar-refractivity contribution in [2.75, 3.05) is 19.8 Å². The lowest BCUT2D eigenvalue weighted by molar-refractivity contribution is 0.0962. The van der Waals surface area contributed by atoms with Crippen molar-refractivity contribution in [3.8, 4) is 11.5 Å². The molecule has 5 heteroatoms. The SMILES string of the molecule is O=C(CCN1Cc2ccc(Br)cc2C1)c1ccc2c(c1)OCCO2. The molecular formula is C19H18BrNO3. The summed E-state index contributed by atoms with van der Waals surface area (Å²) in [4.78, 5) is 14.8. The van der Waals surface area contributed by atoms with Gasteiger partial charge in [0.1, 0.15) is 13.2 Å². The molecule has 0 radical (unpaired) electrons. The van der Waals surface area contributed by atoms with Gasteiger partial charge in [-0.15, -0.1) is 0 Å². The molecule has 0 N–H and O–H groups in total. The summed E-state index contributed by atoms with van der Waals surface area (Å²) >= 11 is 3.51. The standard InChI is InChI=1S/C19H18BrNO3/c20-16-3-1-14-11-21(12-15(14)9-16)6-5-17(22)13-2-4-18-19(10-13)24-8-7-23-18/h1-4,9-10H,5-8,11-12H2. The quantitative estimate of drug-likeness (QED) is 0.747. The minimum atomic E-state index is 0.143. The van der Waals surface area contributed by atoms with E-state index in [0.717, 1.165) is 29.9 Å². The summed E-state index contributed by atoms with van der Waals surface area (Å²) in [5, 5.41) is 0. The maximum atomic E-state index is 12.5. The van der Waals surface area contributed by atoms with Crippen molar-refractivity contribution in [1.29, 1.82) is 0 Å². The third-order valence-corrected chi connectivity index (χ3v) is 4.97. The molecule has 0 saturated carbocycles. The number of carbonyl (C=O) groups excluding carboxylic acids is 1. The molecule has 0 spiro atoms. The molecule has 2 aromatic carbocycles. The number of benzene rings is 2. The van der Waals surface area contributed by atoms with Crippen molar-refractivity contribution in [3.63, 3.8) is 0 Å². The van der Waals surface area contributed by atoms with E-state index in [1.54, 1.807) is 6.07 Å². The van der Waals surface area contributed by atoms with Crippen LogP contribution in [0.2, 0.25) is 0 Å². The van der Waals surface area contributed by atoms with Gasteiger partial charge >= 0.3 is 0 Å². The van der Waals surface area contributed by atoms with Gasteiger partial charge in [-0.05, 0) is 41.5 Å². The number of rotatable bonds is 4. The number of carbonyl (C=O) groups is 1. The highest BCUT2D eigenvalue weighted by Gasteiger charge is 2.20. The van der Waals surface area contributed by atoms with Crippen molar-refractivity contribution in [1.82, 2.24) is 4.90 Å². The molecule has 4 nitrogen and oxygen atoms in total. The van der Waals surface area contributed by atoms with Crippen LogP contribution in [-0.4, -0.2) is 30.4 Å². The van der Waals surface area contributed by atoms with Gasteiger partial charge in [-0.3, -0.25) is 9.69 Å². The Hall–Kier alpha value is -1.85. The Balaban J connectivity index is 1.37. The van der Waals surface area contributed by atoms with Crippen molar-refractivity contribution >= 4 is 21.7 Å². The van der Waals surface area contributed by atoms with Crippen LogP contribution >= 0.6 is 15.9 Å². The number of hydrogen-bond donors (Lipinski definition) is 0. The molecule has 0 atom stereocenters. The molecule has 24 heavy (non-hydrogen) atoms. The van der Waals surface area contributed by atoms with E-state index in [4.69, 9.17) is 9.47 Å². The maximum absolute atomic E-state index is 12.5. The molecule has 2 aromatic rings. The second-order valence-corrected chi connectivity index (χ2v) is 7.07. The van der Waals surface area contributed by atoms with E-state index >= 15 is 0 Å². The molecule has 2 heterocycles. The normalized spacial score (nSPS) is 16.0. The second-order valence-electron chi connectivity index (χ2n) is 6.16. The van der Waals surface area contributed by atoms with Crippen molar-refractivity contribution < 1.29 is 14.3 Å². The van der Waals surface area contributed by atoms with Gasteiger partial charge in [0, 0.05) is 36.1 Å². The number of halogens is 1. The van der Waals surface area contributed by atoms with Gasteiger partial charge < -0.3 is 9.47 Å². The third-order valence-electron chi connectivity index (χ3n) is 4.48. The van der Waals surface area contributed by atoms with E-state index in [9.17, 15) is 4.79 Å². The van der Waals surface area contributed by atoms with Crippen LogP contribution in [0.1, 0.15) is 27.9 Å². The van der Waals surface area contributed by atoms with Gasteiger partial charge in [-0.1, -0.05) is 22.0 Å². The zero-order chi connectivity index (χ0) is 16.5. The largest absolute Gasteiger partial charge is 0.486 e. The lowest BCUT2D eigenvalue weighted by Crippen LogP contribution is -2.20. The molecule has 2 aliphatic rings. The fourth-order valence-corrected chi connectivity index (χ4v) is 3.62. The number of hydrogen-bond acceptors (Lipinski definition) is 4. The summed E-state index contributed by atoms with van der Waals surface area (Å²) in [6, 6.07) is 11.8. The monoisotopic (exact) mass is 387 g/mol. The zero-order valence-electron chi connectivity index (χ0n) is 13.3. The third kappa shape index (κ3) is 3.19. The van der Waals surface area contributed by atoms with Crippen LogP contribution in [0, 0.1) is 0 Å². The van der Waals surface area contributed by atoms with Gasteiger partial charge in [0.25, 0.3) is 0 Å². The lowest BCUT2D eigenvalue weighted by atomic mass is 10.1. The number of fused-ring (bicyclic) bond motifs is 2. The van der Waals surface area contributed by atoms with Crippen molar-refractivity contribution in [3.05, 3.63) is 57.6 Å².